The number of rotatable bonds is 5. The van der Waals surface area contributed by atoms with E-state index in [4.69, 9.17) is 14.2 Å². The number of hydrogen-bond acceptors (Lipinski definition) is 5. The van der Waals surface area contributed by atoms with Crippen LogP contribution in [0.3, 0.4) is 0 Å². The lowest BCUT2D eigenvalue weighted by molar-refractivity contribution is 0.0695. The van der Waals surface area contributed by atoms with E-state index in [9.17, 15) is 4.79 Å². The summed E-state index contributed by atoms with van der Waals surface area (Å²) >= 11 is 1.75. The third kappa shape index (κ3) is 3.68. The van der Waals surface area contributed by atoms with Crippen molar-refractivity contribution in [2.75, 3.05) is 27.9 Å². The van der Waals surface area contributed by atoms with Crippen molar-refractivity contribution in [3.63, 3.8) is 0 Å². The maximum atomic E-state index is 13.6. The van der Waals surface area contributed by atoms with Crippen molar-refractivity contribution in [2.45, 2.75) is 12.5 Å². The van der Waals surface area contributed by atoms with Crippen molar-refractivity contribution in [1.82, 2.24) is 4.90 Å². The molecule has 1 aliphatic rings. The van der Waals surface area contributed by atoms with Crippen LogP contribution in [0.5, 0.6) is 17.2 Å². The zero-order valence-corrected chi connectivity index (χ0v) is 17.5. The Labute approximate surface area is 174 Å². The number of hydrogen-bond donors (Lipinski definition) is 0. The van der Waals surface area contributed by atoms with Crippen LogP contribution in [-0.4, -0.2) is 38.7 Å². The van der Waals surface area contributed by atoms with Crippen molar-refractivity contribution in [1.29, 1.82) is 0 Å². The van der Waals surface area contributed by atoms with E-state index in [1.54, 1.807) is 50.9 Å². The minimum atomic E-state index is -0.138. The summed E-state index contributed by atoms with van der Waals surface area (Å²) in [7, 11) is 4.82. The Morgan fingerprint density at radius 1 is 0.931 bits per heavy atom. The molecular weight excluding hydrogens is 386 g/mol. The fourth-order valence-electron chi connectivity index (χ4n) is 3.78. The molecule has 1 amide bonds. The van der Waals surface area contributed by atoms with Crippen LogP contribution in [-0.2, 0) is 6.42 Å². The molecule has 29 heavy (non-hydrogen) atoms. The van der Waals surface area contributed by atoms with E-state index >= 15 is 0 Å². The summed E-state index contributed by atoms with van der Waals surface area (Å²) in [5.41, 5.74) is 2.81. The zero-order valence-electron chi connectivity index (χ0n) is 16.7. The second-order valence-corrected chi connectivity index (χ2v) is 7.83. The molecule has 1 aromatic heterocycles. The molecule has 5 nitrogen and oxygen atoms in total. The minimum Gasteiger partial charge on any atom is -0.497 e. The molecule has 0 bridgehead atoms. The third-order valence-corrected chi connectivity index (χ3v) is 6.25. The Morgan fingerprint density at radius 3 is 2.21 bits per heavy atom. The fourth-order valence-corrected chi connectivity index (χ4v) is 4.68. The smallest absolute Gasteiger partial charge is 0.254 e. The standard InChI is InChI=1S/C23H23NO4S/c1-26-17-6-4-15(5-7-17)22-20-9-11-29-21(20)8-10-24(22)23(25)16-12-18(27-2)14-19(13-16)28-3/h4-7,9,11-14,22H,8,10H2,1-3H3/t22-/m0/s1. The molecule has 0 spiro atoms. The summed E-state index contributed by atoms with van der Waals surface area (Å²) in [6.45, 7) is 0.655. The van der Waals surface area contributed by atoms with Crippen molar-refractivity contribution < 1.29 is 19.0 Å². The van der Waals surface area contributed by atoms with Gasteiger partial charge in [-0.2, -0.15) is 0 Å². The highest BCUT2D eigenvalue weighted by atomic mass is 32.1. The monoisotopic (exact) mass is 409 g/mol. The summed E-state index contributed by atoms with van der Waals surface area (Å²) in [4.78, 5) is 16.8. The summed E-state index contributed by atoms with van der Waals surface area (Å²) in [6, 6.07) is 15.2. The molecule has 0 saturated carbocycles. The normalized spacial score (nSPS) is 15.6. The number of carbonyl (C=O) groups excluding carboxylic acids is 1. The van der Waals surface area contributed by atoms with Crippen LogP contribution in [0.4, 0.5) is 0 Å². The Bertz CT molecular complexity index is 990. The van der Waals surface area contributed by atoms with Crippen LogP contribution < -0.4 is 14.2 Å². The van der Waals surface area contributed by atoms with Gasteiger partial charge in [0.2, 0.25) is 0 Å². The lowest BCUT2D eigenvalue weighted by atomic mass is 9.92. The van der Waals surface area contributed by atoms with Crippen molar-refractivity contribution in [3.8, 4) is 17.2 Å². The van der Waals surface area contributed by atoms with Crippen molar-refractivity contribution in [2.24, 2.45) is 0 Å². The van der Waals surface area contributed by atoms with Crippen LogP contribution in [0, 0.1) is 0 Å². The molecule has 2 heterocycles. The molecule has 0 saturated heterocycles. The second kappa shape index (κ2) is 8.17. The Kier molecular flexibility index (Phi) is 5.45. The topological polar surface area (TPSA) is 48.0 Å². The van der Waals surface area contributed by atoms with E-state index in [0.29, 0.717) is 23.6 Å². The average Bonchev–Trinajstić information content (AvgIpc) is 3.26. The van der Waals surface area contributed by atoms with Gasteiger partial charge in [0.1, 0.15) is 17.2 Å². The lowest BCUT2D eigenvalue weighted by Gasteiger charge is -2.36. The highest BCUT2D eigenvalue weighted by molar-refractivity contribution is 7.10. The Morgan fingerprint density at radius 2 is 1.59 bits per heavy atom. The molecular formula is C23H23NO4S. The van der Waals surface area contributed by atoms with Gasteiger partial charge < -0.3 is 19.1 Å². The fraction of sp³-hybridized carbons (Fsp3) is 0.261. The highest BCUT2D eigenvalue weighted by Crippen LogP contribution is 2.39. The molecule has 0 aliphatic carbocycles. The van der Waals surface area contributed by atoms with Crippen molar-refractivity contribution >= 4 is 17.2 Å². The van der Waals surface area contributed by atoms with Gasteiger partial charge in [-0.1, -0.05) is 12.1 Å². The molecule has 3 aromatic rings. The van der Waals surface area contributed by atoms with Gasteiger partial charge in [-0.15, -0.1) is 11.3 Å². The molecule has 0 N–H and O–H groups in total. The Balaban J connectivity index is 1.76. The molecule has 0 fully saturated rings. The largest absolute Gasteiger partial charge is 0.497 e. The first kappa shape index (κ1) is 19.3. The number of methoxy groups -OCH3 is 3. The zero-order chi connectivity index (χ0) is 20.4. The van der Waals surface area contributed by atoms with Gasteiger partial charge in [-0.05, 0) is 53.3 Å². The number of thiophene rings is 1. The number of nitrogens with zero attached hydrogens (tertiary/aromatic N) is 1. The first-order chi connectivity index (χ1) is 14.1. The molecule has 1 aliphatic heterocycles. The number of ether oxygens (including phenoxy) is 3. The quantitative estimate of drug-likeness (QED) is 0.620. The van der Waals surface area contributed by atoms with Crippen LogP contribution >= 0.6 is 11.3 Å². The van der Waals surface area contributed by atoms with Gasteiger partial charge in [0.25, 0.3) is 5.91 Å². The number of carbonyl (C=O) groups is 1. The van der Waals surface area contributed by atoms with E-state index in [1.807, 2.05) is 29.2 Å². The average molecular weight is 410 g/mol. The molecule has 6 heteroatoms. The van der Waals surface area contributed by atoms with E-state index in [0.717, 1.165) is 17.7 Å². The number of fused-ring (bicyclic) bond motifs is 1. The molecule has 1 atom stereocenters. The Hall–Kier alpha value is -2.99. The molecule has 0 unspecified atom stereocenters. The van der Waals surface area contributed by atoms with Gasteiger partial charge in [-0.25, -0.2) is 0 Å². The van der Waals surface area contributed by atoms with E-state index < -0.39 is 0 Å². The maximum absolute atomic E-state index is 13.6. The molecule has 4 rings (SSSR count). The summed E-state index contributed by atoms with van der Waals surface area (Å²) in [5.74, 6) is 1.95. The minimum absolute atomic E-state index is 0.0418. The first-order valence-corrected chi connectivity index (χ1v) is 10.3. The first-order valence-electron chi connectivity index (χ1n) is 9.39. The van der Waals surface area contributed by atoms with Gasteiger partial charge in [0, 0.05) is 23.1 Å². The van der Waals surface area contributed by atoms with E-state index in [2.05, 4.69) is 11.4 Å². The van der Waals surface area contributed by atoms with Crippen LogP contribution in [0.25, 0.3) is 0 Å². The predicted octanol–water partition coefficient (Wildman–Crippen LogP) is 4.56. The van der Waals surface area contributed by atoms with E-state index in [1.165, 1.54) is 10.4 Å². The molecule has 150 valence electrons. The number of benzene rings is 2. The summed E-state index contributed by atoms with van der Waals surface area (Å²) in [6.07, 6.45) is 0.854. The maximum Gasteiger partial charge on any atom is 0.254 e. The van der Waals surface area contributed by atoms with Gasteiger partial charge in [0.15, 0.2) is 0 Å². The predicted molar refractivity (Wildman–Crippen MR) is 113 cm³/mol. The second-order valence-electron chi connectivity index (χ2n) is 6.82. The third-order valence-electron chi connectivity index (χ3n) is 5.26. The van der Waals surface area contributed by atoms with Crippen LogP contribution in [0.15, 0.2) is 53.9 Å². The lowest BCUT2D eigenvalue weighted by Crippen LogP contribution is -2.40. The summed E-state index contributed by atoms with van der Waals surface area (Å²) < 4.78 is 16.0. The SMILES string of the molecule is COc1ccc([C@H]2c3ccsc3CCN2C(=O)c2cc(OC)cc(OC)c2)cc1. The summed E-state index contributed by atoms with van der Waals surface area (Å²) in [5, 5.41) is 2.10. The molecule has 0 radical (unpaired) electrons. The van der Waals surface area contributed by atoms with E-state index in [-0.39, 0.29) is 11.9 Å². The van der Waals surface area contributed by atoms with Crippen LogP contribution in [0.2, 0.25) is 0 Å². The van der Waals surface area contributed by atoms with Crippen molar-refractivity contribution in [3.05, 3.63) is 75.5 Å². The van der Waals surface area contributed by atoms with Crippen LogP contribution in [0.1, 0.15) is 32.4 Å². The molecule has 2 aromatic carbocycles. The van der Waals surface area contributed by atoms with Gasteiger partial charge in [0.05, 0.1) is 27.4 Å². The number of amides is 1. The van der Waals surface area contributed by atoms with Gasteiger partial charge in [-0.3, -0.25) is 4.79 Å². The highest BCUT2D eigenvalue weighted by Gasteiger charge is 2.33. The van der Waals surface area contributed by atoms with Gasteiger partial charge >= 0.3 is 0 Å².